The van der Waals surface area contributed by atoms with Gasteiger partial charge >= 0.3 is 12.2 Å². The van der Waals surface area contributed by atoms with Gasteiger partial charge in [0.15, 0.2) is 0 Å². The fourth-order valence-corrected chi connectivity index (χ4v) is 3.63. The number of nitrogens with zero attached hydrogens (tertiary/aromatic N) is 2. The molecule has 2 amide bonds. The van der Waals surface area contributed by atoms with Crippen LogP contribution in [0.15, 0.2) is 67.0 Å². The Morgan fingerprint density at radius 1 is 0.921 bits per heavy atom. The van der Waals surface area contributed by atoms with E-state index in [2.05, 4.69) is 20.6 Å². The molecular weight excluding hydrogens is 525 g/mol. The number of fused-ring (bicyclic) bond motifs is 1. The average Bonchev–Trinajstić information content (AvgIpc) is 2.88. The van der Waals surface area contributed by atoms with Crippen LogP contribution in [0.2, 0.25) is 5.02 Å². The second kappa shape index (κ2) is 12.0. The number of methoxy groups -OCH3 is 1. The standard InChI is InChI=1S/C26H22ClF3N4O4/c1-36-11-2-12-37-19-8-9-20-23(14-19)31-15-32-24(20)38-18-6-3-16(4-7-18)33-25(35)34-17-5-10-22(27)21(13-17)26(28,29)30/h3-10,13-15H,2,11-12H2,1H3,(H2,33,34,35). The maximum atomic E-state index is 13.0. The van der Waals surface area contributed by atoms with E-state index in [0.29, 0.717) is 47.2 Å². The third-order valence-corrected chi connectivity index (χ3v) is 5.52. The monoisotopic (exact) mass is 546 g/mol. The van der Waals surface area contributed by atoms with Gasteiger partial charge in [0.05, 0.1) is 28.1 Å². The molecule has 198 valence electrons. The molecule has 0 aliphatic rings. The number of benzene rings is 3. The third kappa shape index (κ3) is 7.02. The zero-order chi connectivity index (χ0) is 27.1. The molecule has 4 aromatic rings. The van der Waals surface area contributed by atoms with Crippen LogP contribution in [0, 0.1) is 0 Å². The molecule has 0 fully saturated rings. The van der Waals surface area contributed by atoms with Crippen molar-refractivity contribution in [1.82, 2.24) is 9.97 Å². The lowest BCUT2D eigenvalue weighted by Gasteiger charge is -2.13. The van der Waals surface area contributed by atoms with Gasteiger partial charge in [0.25, 0.3) is 0 Å². The molecule has 1 heterocycles. The Labute approximate surface area is 220 Å². The number of aromatic nitrogens is 2. The highest BCUT2D eigenvalue weighted by Crippen LogP contribution is 2.36. The number of urea groups is 1. The summed E-state index contributed by atoms with van der Waals surface area (Å²) in [5.41, 5.74) is -0.0624. The minimum atomic E-state index is -4.64. The number of nitrogens with one attached hydrogen (secondary N) is 2. The fraction of sp³-hybridized carbons (Fsp3) is 0.192. The van der Waals surface area contributed by atoms with Crippen molar-refractivity contribution in [3.8, 4) is 17.4 Å². The quantitative estimate of drug-likeness (QED) is 0.216. The highest BCUT2D eigenvalue weighted by Gasteiger charge is 2.33. The maximum Gasteiger partial charge on any atom is 0.417 e. The van der Waals surface area contributed by atoms with E-state index in [1.54, 1.807) is 49.6 Å². The van der Waals surface area contributed by atoms with Crippen LogP contribution < -0.4 is 20.1 Å². The largest absolute Gasteiger partial charge is 0.493 e. The maximum absolute atomic E-state index is 13.0. The smallest absolute Gasteiger partial charge is 0.417 e. The molecule has 0 bridgehead atoms. The van der Waals surface area contributed by atoms with E-state index < -0.39 is 22.8 Å². The number of rotatable bonds is 9. The number of alkyl halides is 3. The number of hydrogen-bond donors (Lipinski definition) is 2. The molecule has 0 radical (unpaired) electrons. The molecule has 0 saturated heterocycles. The topological polar surface area (TPSA) is 94.6 Å². The number of halogens is 4. The lowest BCUT2D eigenvalue weighted by Crippen LogP contribution is -2.19. The van der Waals surface area contributed by atoms with Gasteiger partial charge in [0, 0.05) is 37.6 Å². The number of ether oxygens (including phenoxy) is 3. The average molecular weight is 547 g/mol. The van der Waals surface area contributed by atoms with Gasteiger partial charge in [0.2, 0.25) is 5.88 Å². The summed E-state index contributed by atoms with van der Waals surface area (Å²) in [6.45, 7) is 1.12. The van der Waals surface area contributed by atoms with Crippen LogP contribution in [0.3, 0.4) is 0 Å². The third-order valence-electron chi connectivity index (χ3n) is 5.19. The van der Waals surface area contributed by atoms with Crippen molar-refractivity contribution >= 4 is 39.9 Å². The van der Waals surface area contributed by atoms with E-state index in [1.807, 2.05) is 0 Å². The molecule has 8 nitrogen and oxygen atoms in total. The Balaban J connectivity index is 1.38. The molecular formula is C26H22ClF3N4O4. The van der Waals surface area contributed by atoms with Crippen LogP contribution in [-0.2, 0) is 10.9 Å². The first-order valence-corrected chi connectivity index (χ1v) is 11.7. The van der Waals surface area contributed by atoms with Gasteiger partial charge < -0.3 is 24.8 Å². The van der Waals surface area contributed by atoms with Crippen molar-refractivity contribution in [2.24, 2.45) is 0 Å². The summed E-state index contributed by atoms with van der Waals surface area (Å²) in [6.07, 6.45) is -2.50. The summed E-state index contributed by atoms with van der Waals surface area (Å²) in [6, 6.07) is 14.2. The second-order valence-electron chi connectivity index (χ2n) is 7.95. The summed E-state index contributed by atoms with van der Waals surface area (Å²) in [4.78, 5) is 20.8. The lowest BCUT2D eigenvalue weighted by atomic mass is 10.2. The molecule has 4 rings (SSSR count). The number of amides is 2. The van der Waals surface area contributed by atoms with E-state index >= 15 is 0 Å². The molecule has 1 aromatic heterocycles. The number of carbonyl (C=O) groups is 1. The van der Waals surface area contributed by atoms with E-state index in [9.17, 15) is 18.0 Å². The molecule has 12 heteroatoms. The Morgan fingerprint density at radius 3 is 2.37 bits per heavy atom. The molecule has 0 atom stereocenters. The number of hydrogen-bond acceptors (Lipinski definition) is 6. The van der Waals surface area contributed by atoms with Crippen molar-refractivity contribution in [3.05, 3.63) is 77.6 Å². The highest BCUT2D eigenvalue weighted by atomic mass is 35.5. The first kappa shape index (κ1) is 27.0. The van der Waals surface area contributed by atoms with Crippen molar-refractivity contribution in [2.45, 2.75) is 12.6 Å². The van der Waals surface area contributed by atoms with Crippen molar-refractivity contribution in [2.75, 3.05) is 31.0 Å². The zero-order valence-electron chi connectivity index (χ0n) is 20.0. The second-order valence-corrected chi connectivity index (χ2v) is 8.36. The Kier molecular flexibility index (Phi) is 8.49. The van der Waals surface area contributed by atoms with Crippen molar-refractivity contribution in [1.29, 1.82) is 0 Å². The highest BCUT2D eigenvalue weighted by molar-refractivity contribution is 6.31. The minimum Gasteiger partial charge on any atom is -0.493 e. The first-order valence-electron chi connectivity index (χ1n) is 11.3. The van der Waals surface area contributed by atoms with Gasteiger partial charge in [-0.25, -0.2) is 14.8 Å². The van der Waals surface area contributed by atoms with E-state index in [4.69, 9.17) is 25.8 Å². The molecule has 3 aromatic carbocycles. The Hall–Kier alpha value is -4.09. The van der Waals surface area contributed by atoms with Crippen LogP contribution in [0.4, 0.5) is 29.3 Å². The molecule has 0 saturated carbocycles. The zero-order valence-corrected chi connectivity index (χ0v) is 20.8. The first-order chi connectivity index (χ1) is 18.2. The van der Waals surface area contributed by atoms with Gasteiger partial charge in [-0.05, 0) is 54.6 Å². The Morgan fingerprint density at radius 2 is 1.63 bits per heavy atom. The van der Waals surface area contributed by atoms with Crippen LogP contribution in [0.1, 0.15) is 12.0 Å². The summed E-state index contributed by atoms with van der Waals surface area (Å²) >= 11 is 5.61. The summed E-state index contributed by atoms with van der Waals surface area (Å²) in [5.74, 6) is 1.45. The van der Waals surface area contributed by atoms with Crippen LogP contribution in [-0.4, -0.2) is 36.3 Å². The summed E-state index contributed by atoms with van der Waals surface area (Å²) in [7, 11) is 1.64. The van der Waals surface area contributed by atoms with Gasteiger partial charge in [-0.2, -0.15) is 13.2 Å². The van der Waals surface area contributed by atoms with Crippen LogP contribution in [0.5, 0.6) is 17.4 Å². The SMILES string of the molecule is COCCCOc1ccc2c(Oc3ccc(NC(=O)Nc4ccc(Cl)c(C(F)(F)F)c4)cc3)ncnc2c1. The molecule has 0 aliphatic heterocycles. The predicted octanol–water partition coefficient (Wildman–Crippen LogP) is 7.15. The fourth-order valence-electron chi connectivity index (χ4n) is 3.41. The molecule has 0 aliphatic carbocycles. The van der Waals surface area contributed by atoms with Crippen LogP contribution in [0.25, 0.3) is 10.9 Å². The normalized spacial score (nSPS) is 11.3. The van der Waals surface area contributed by atoms with Gasteiger partial charge in [-0.3, -0.25) is 0 Å². The van der Waals surface area contributed by atoms with Crippen molar-refractivity contribution in [3.63, 3.8) is 0 Å². The molecule has 38 heavy (non-hydrogen) atoms. The van der Waals surface area contributed by atoms with Crippen molar-refractivity contribution < 1.29 is 32.2 Å². The van der Waals surface area contributed by atoms with Gasteiger partial charge in [0.1, 0.15) is 17.8 Å². The van der Waals surface area contributed by atoms with E-state index in [-0.39, 0.29) is 5.69 Å². The Bertz CT molecular complexity index is 1420. The van der Waals surface area contributed by atoms with E-state index in [0.717, 1.165) is 18.6 Å². The molecule has 0 unspecified atom stereocenters. The van der Waals surface area contributed by atoms with Gasteiger partial charge in [-0.1, -0.05) is 11.6 Å². The van der Waals surface area contributed by atoms with Crippen LogP contribution >= 0.6 is 11.6 Å². The number of anilines is 2. The molecule has 0 spiro atoms. The molecule has 2 N–H and O–H groups in total. The van der Waals surface area contributed by atoms with E-state index in [1.165, 1.54) is 12.4 Å². The lowest BCUT2D eigenvalue weighted by molar-refractivity contribution is -0.137. The number of carbonyl (C=O) groups excluding carboxylic acids is 1. The van der Waals surface area contributed by atoms with Gasteiger partial charge in [-0.15, -0.1) is 0 Å². The summed E-state index contributed by atoms with van der Waals surface area (Å²) < 4.78 is 55.7. The summed E-state index contributed by atoms with van der Waals surface area (Å²) in [5, 5.41) is 5.13. The predicted molar refractivity (Wildman–Crippen MR) is 137 cm³/mol. The minimum absolute atomic E-state index is 0.0571.